The van der Waals surface area contributed by atoms with Gasteiger partial charge in [0.15, 0.2) is 0 Å². The van der Waals surface area contributed by atoms with Crippen LogP contribution in [0.3, 0.4) is 0 Å². The molecule has 0 aromatic heterocycles. The van der Waals surface area contributed by atoms with Crippen molar-refractivity contribution in [3.8, 4) is 0 Å². The predicted octanol–water partition coefficient (Wildman–Crippen LogP) is 5.58. The van der Waals surface area contributed by atoms with Gasteiger partial charge in [-0.1, -0.05) is 121 Å². The molecule has 4 aromatic carbocycles. The van der Waals surface area contributed by atoms with Gasteiger partial charge in [-0.25, -0.2) is 0 Å². The molecule has 0 saturated heterocycles. The third kappa shape index (κ3) is 4.48. The zero-order chi connectivity index (χ0) is 20.7. The molecule has 1 unspecified atom stereocenters. The van der Waals surface area contributed by atoms with Crippen molar-refractivity contribution in [1.29, 1.82) is 0 Å². The molecule has 0 aliphatic heterocycles. The Morgan fingerprint density at radius 2 is 0.933 bits per heavy atom. The third-order valence-electron chi connectivity index (χ3n) is 5.36. The Kier molecular flexibility index (Phi) is 6.95. The summed E-state index contributed by atoms with van der Waals surface area (Å²) in [4.78, 5) is 0. The van der Waals surface area contributed by atoms with Gasteiger partial charge < -0.3 is 0 Å². The summed E-state index contributed by atoms with van der Waals surface area (Å²) in [6, 6.07) is 44.4. The molecule has 0 fully saturated rings. The van der Waals surface area contributed by atoms with Gasteiger partial charge in [0.1, 0.15) is 16.6 Å². The molecule has 0 bridgehead atoms. The molecular weight excluding hydrogens is 399 g/mol. The van der Waals surface area contributed by atoms with Crippen LogP contribution in [0.15, 0.2) is 121 Å². The van der Waals surface area contributed by atoms with Crippen LogP contribution < -0.4 is 15.9 Å². The van der Waals surface area contributed by atoms with Gasteiger partial charge in [-0.05, 0) is 22.8 Å². The lowest BCUT2D eigenvalue weighted by Crippen LogP contribution is -2.29. The van der Waals surface area contributed by atoms with Crippen LogP contribution in [-0.4, -0.2) is 10.9 Å². The van der Waals surface area contributed by atoms with Crippen molar-refractivity contribution in [3.05, 3.63) is 127 Å². The fourth-order valence-corrected chi connectivity index (χ4v) is 11.6. The van der Waals surface area contributed by atoms with Crippen molar-refractivity contribution in [2.24, 2.45) is 0 Å². The van der Waals surface area contributed by atoms with E-state index in [1.165, 1.54) is 21.5 Å². The summed E-state index contributed by atoms with van der Waals surface area (Å²) in [5, 5.41) is 7.03. The van der Waals surface area contributed by atoms with E-state index in [9.17, 15) is 0 Å². The van der Waals surface area contributed by atoms with Gasteiger partial charge in [0.2, 0.25) is 0 Å². The zero-order valence-electron chi connectivity index (χ0n) is 17.4. The van der Waals surface area contributed by atoms with Crippen LogP contribution in [0.1, 0.15) is 12.5 Å². The molecule has 4 aromatic rings. The van der Waals surface area contributed by atoms with Gasteiger partial charge in [-0.2, -0.15) is 0 Å². The highest BCUT2D eigenvalue weighted by Gasteiger charge is 2.30. The maximum Gasteiger partial charge on any atom is 0.138 e. The molecule has 150 valence electrons. The summed E-state index contributed by atoms with van der Waals surface area (Å²) in [5.74, 6) is 2.26. The summed E-state index contributed by atoms with van der Waals surface area (Å²) in [7, 11) is 0.171. The van der Waals surface area contributed by atoms with Gasteiger partial charge in [-0.15, -0.1) is 0 Å². The molecule has 0 amide bonds. The highest BCUT2D eigenvalue weighted by molar-refractivity contribution is 8.20. The minimum atomic E-state index is -1.88. The molecule has 0 saturated carbocycles. The highest BCUT2D eigenvalue weighted by atomic mass is 32.2. The zero-order valence-corrected chi connectivity index (χ0v) is 19.1. The van der Waals surface area contributed by atoms with E-state index in [1.54, 1.807) is 0 Å². The molecule has 0 nitrogen and oxygen atoms in total. The molecular formula is C28H28PS+. The first kappa shape index (κ1) is 20.8. The maximum absolute atomic E-state index is 2.74. The average Bonchev–Trinajstić information content (AvgIpc) is 2.84. The van der Waals surface area contributed by atoms with E-state index in [2.05, 4.69) is 133 Å². The topological polar surface area (TPSA) is 0 Å². The lowest BCUT2D eigenvalue weighted by atomic mass is 10.2. The quantitative estimate of drug-likeness (QED) is 0.267. The van der Waals surface area contributed by atoms with E-state index >= 15 is 0 Å². The number of benzene rings is 4. The van der Waals surface area contributed by atoms with Crippen LogP contribution >= 0.6 is 6.89 Å². The van der Waals surface area contributed by atoms with Crippen molar-refractivity contribution in [3.63, 3.8) is 0 Å². The second kappa shape index (κ2) is 10.0. The van der Waals surface area contributed by atoms with E-state index < -0.39 is 6.89 Å². The van der Waals surface area contributed by atoms with Gasteiger partial charge in [0.25, 0.3) is 0 Å². The SMILES string of the molecule is CC[S+](C=P(c1ccccc1)(c1ccccc1)c1ccccc1)Cc1ccccc1. The van der Waals surface area contributed by atoms with E-state index in [0.717, 1.165) is 11.5 Å². The molecule has 1 atom stereocenters. The molecule has 0 aliphatic carbocycles. The fraction of sp³-hybridized carbons (Fsp3) is 0.107. The molecule has 0 heterocycles. The van der Waals surface area contributed by atoms with Crippen LogP contribution in [0.25, 0.3) is 0 Å². The fourth-order valence-electron chi connectivity index (χ4n) is 3.84. The molecule has 30 heavy (non-hydrogen) atoms. The summed E-state index contributed by atoms with van der Waals surface area (Å²) in [6.45, 7) is 0.456. The molecule has 0 spiro atoms. The van der Waals surface area contributed by atoms with E-state index in [-0.39, 0.29) is 10.9 Å². The van der Waals surface area contributed by atoms with Crippen molar-refractivity contribution < 1.29 is 0 Å². The molecule has 0 aliphatic rings. The predicted molar refractivity (Wildman–Crippen MR) is 139 cm³/mol. The maximum atomic E-state index is 2.74. The Morgan fingerprint density at radius 3 is 1.30 bits per heavy atom. The van der Waals surface area contributed by atoms with Crippen molar-refractivity contribution >= 4 is 38.8 Å². The van der Waals surface area contributed by atoms with Gasteiger partial charge >= 0.3 is 0 Å². The van der Waals surface area contributed by atoms with Gasteiger partial charge in [0.05, 0.1) is 0 Å². The Balaban J connectivity index is 1.98. The summed E-state index contributed by atoms with van der Waals surface area (Å²) >= 11 is 0. The van der Waals surface area contributed by atoms with Crippen LogP contribution in [0.2, 0.25) is 0 Å². The lowest BCUT2D eigenvalue weighted by Gasteiger charge is -2.27. The normalized spacial score (nSPS) is 12.3. The minimum absolute atomic E-state index is 0.171. The molecule has 0 N–H and O–H groups in total. The Labute approximate surface area is 183 Å². The first-order chi connectivity index (χ1) is 14.8. The first-order valence-electron chi connectivity index (χ1n) is 10.4. The highest BCUT2D eigenvalue weighted by Crippen LogP contribution is 2.44. The molecule has 4 rings (SSSR count). The number of hydrogen-bond acceptors (Lipinski definition) is 0. The monoisotopic (exact) mass is 427 g/mol. The Hall–Kier alpha value is -2.47. The Bertz CT molecular complexity index is 987. The van der Waals surface area contributed by atoms with Crippen molar-refractivity contribution in [1.82, 2.24) is 0 Å². The summed E-state index contributed by atoms with van der Waals surface area (Å²) in [6.07, 6.45) is 0. The number of hydrogen-bond donors (Lipinski definition) is 0. The average molecular weight is 428 g/mol. The molecule has 0 radical (unpaired) electrons. The van der Waals surface area contributed by atoms with E-state index in [1.807, 2.05) is 0 Å². The second-order valence-corrected chi connectivity index (χ2v) is 13.1. The standard InChI is InChI=1S/C28H28PS/c1-2-30(23-25-15-7-3-8-16-25)24-29(26-17-9-4-10-18-26,27-19-11-5-12-20-27)28-21-13-6-14-22-28/h3-22,24H,2,23H2,1H3/q+1. The van der Waals surface area contributed by atoms with Crippen LogP contribution in [0.4, 0.5) is 0 Å². The van der Waals surface area contributed by atoms with Gasteiger partial charge in [0, 0.05) is 23.3 Å². The van der Waals surface area contributed by atoms with Crippen LogP contribution in [0, 0.1) is 0 Å². The second-order valence-electron chi connectivity index (χ2n) is 7.29. The third-order valence-corrected chi connectivity index (χ3v) is 12.6. The van der Waals surface area contributed by atoms with Gasteiger partial charge in [-0.3, -0.25) is 0 Å². The smallest absolute Gasteiger partial charge is 0.0622 e. The number of rotatable bonds is 7. The van der Waals surface area contributed by atoms with E-state index in [0.29, 0.717) is 0 Å². The van der Waals surface area contributed by atoms with E-state index in [4.69, 9.17) is 0 Å². The van der Waals surface area contributed by atoms with Crippen molar-refractivity contribution in [2.75, 3.05) is 5.75 Å². The van der Waals surface area contributed by atoms with Crippen LogP contribution in [-0.2, 0) is 16.6 Å². The first-order valence-corrected chi connectivity index (χ1v) is 13.9. The van der Waals surface area contributed by atoms with Crippen LogP contribution in [0.5, 0.6) is 0 Å². The lowest BCUT2D eigenvalue weighted by molar-refractivity contribution is 1.38. The molecule has 2 heteroatoms. The minimum Gasteiger partial charge on any atom is -0.0622 e. The van der Waals surface area contributed by atoms with Crippen molar-refractivity contribution in [2.45, 2.75) is 12.7 Å². The largest absolute Gasteiger partial charge is 0.138 e. The Morgan fingerprint density at radius 1 is 0.567 bits per heavy atom. The summed E-state index contributed by atoms with van der Waals surface area (Å²) < 4.78 is 0. The summed E-state index contributed by atoms with van der Waals surface area (Å²) in [5.41, 5.74) is 1.42.